The number of aryl methyl sites for hydroxylation is 1. The number of aromatic nitrogens is 3. The van der Waals surface area contributed by atoms with Gasteiger partial charge in [0.15, 0.2) is 11.0 Å². The Balaban J connectivity index is 1.56. The Hall–Kier alpha value is -2.31. The molecule has 0 bridgehead atoms. The summed E-state index contributed by atoms with van der Waals surface area (Å²) in [5, 5.41) is 9.96. The van der Waals surface area contributed by atoms with Gasteiger partial charge in [0.2, 0.25) is 0 Å². The van der Waals surface area contributed by atoms with Crippen LogP contribution in [-0.4, -0.2) is 40.3 Å². The van der Waals surface area contributed by atoms with Crippen molar-refractivity contribution in [1.29, 1.82) is 0 Å². The van der Waals surface area contributed by atoms with E-state index in [0.29, 0.717) is 6.10 Å². The van der Waals surface area contributed by atoms with Gasteiger partial charge >= 0.3 is 0 Å². The number of rotatable bonds is 8. The first-order chi connectivity index (χ1) is 13.8. The third kappa shape index (κ3) is 4.56. The number of ether oxygens (including phenoxy) is 2. The minimum absolute atomic E-state index is 0.328. The lowest BCUT2D eigenvalue weighted by atomic mass is 10.1. The van der Waals surface area contributed by atoms with Crippen LogP contribution >= 0.6 is 11.8 Å². The quantitative estimate of drug-likeness (QED) is 0.527. The van der Waals surface area contributed by atoms with Gasteiger partial charge in [-0.2, -0.15) is 0 Å². The van der Waals surface area contributed by atoms with Crippen molar-refractivity contribution in [2.24, 2.45) is 0 Å². The molecular formula is C22H25N3O2S. The molecule has 4 rings (SSSR count). The van der Waals surface area contributed by atoms with Gasteiger partial charge in [-0.05, 0) is 49.1 Å². The van der Waals surface area contributed by atoms with Gasteiger partial charge in [0, 0.05) is 24.5 Å². The molecule has 146 valence electrons. The van der Waals surface area contributed by atoms with Gasteiger partial charge in [-0.25, -0.2) is 0 Å². The van der Waals surface area contributed by atoms with Gasteiger partial charge in [-0.15, -0.1) is 10.2 Å². The Morgan fingerprint density at radius 1 is 1.11 bits per heavy atom. The zero-order valence-electron chi connectivity index (χ0n) is 16.1. The fourth-order valence-electron chi connectivity index (χ4n) is 3.38. The molecule has 2 heterocycles. The van der Waals surface area contributed by atoms with Crippen molar-refractivity contribution < 1.29 is 9.47 Å². The van der Waals surface area contributed by atoms with E-state index in [1.165, 1.54) is 5.56 Å². The smallest absolute Gasteiger partial charge is 0.191 e. The third-order valence-electron chi connectivity index (χ3n) is 4.95. The van der Waals surface area contributed by atoms with Crippen LogP contribution in [0.4, 0.5) is 0 Å². The van der Waals surface area contributed by atoms with Gasteiger partial charge in [0.05, 0.1) is 13.2 Å². The molecular weight excluding hydrogens is 370 g/mol. The molecule has 1 aromatic heterocycles. The SMILES string of the molecule is COc1ccc(-c2nnc(SCC3CCCO3)n2CCc2ccccc2)cc1. The first-order valence-corrected chi connectivity index (χ1v) is 10.7. The first kappa shape index (κ1) is 19.0. The number of thioether (sulfide) groups is 1. The van der Waals surface area contributed by atoms with Crippen LogP contribution in [0.1, 0.15) is 18.4 Å². The molecule has 1 fully saturated rings. The van der Waals surface area contributed by atoms with Crippen LogP contribution < -0.4 is 4.74 Å². The van der Waals surface area contributed by atoms with Crippen molar-refractivity contribution >= 4 is 11.8 Å². The van der Waals surface area contributed by atoms with E-state index in [1.54, 1.807) is 18.9 Å². The Labute approximate surface area is 170 Å². The summed E-state index contributed by atoms with van der Waals surface area (Å²) in [6.45, 7) is 1.72. The molecule has 2 aromatic carbocycles. The predicted octanol–water partition coefficient (Wildman–Crippen LogP) is 4.47. The maximum absolute atomic E-state index is 5.77. The molecule has 0 N–H and O–H groups in total. The zero-order valence-corrected chi connectivity index (χ0v) is 16.9. The molecule has 0 spiro atoms. The summed E-state index contributed by atoms with van der Waals surface area (Å²) in [6.07, 6.45) is 3.56. The highest BCUT2D eigenvalue weighted by molar-refractivity contribution is 7.99. The van der Waals surface area contributed by atoms with E-state index in [9.17, 15) is 0 Å². The van der Waals surface area contributed by atoms with Crippen LogP contribution in [0, 0.1) is 0 Å². The molecule has 1 saturated heterocycles. The fourth-order valence-corrected chi connectivity index (χ4v) is 4.41. The summed E-state index contributed by atoms with van der Waals surface area (Å²) in [7, 11) is 1.68. The van der Waals surface area contributed by atoms with Gasteiger partial charge in [-0.3, -0.25) is 0 Å². The van der Waals surface area contributed by atoms with Crippen molar-refractivity contribution in [3.05, 3.63) is 60.2 Å². The monoisotopic (exact) mass is 395 g/mol. The second kappa shape index (κ2) is 9.26. The largest absolute Gasteiger partial charge is 0.497 e. The second-order valence-electron chi connectivity index (χ2n) is 6.87. The highest BCUT2D eigenvalue weighted by Crippen LogP contribution is 2.28. The van der Waals surface area contributed by atoms with E-state index in [1.807, 2.05) is 30.3 Å². The maximum atomic E-state index is 5.77. The topological polar surface area (TPSA) is 49.2 Å². The zero-order chi connectivity index (χ0) is 19.2. The third-order valence-corrected chi connectivity index (χ3v) is 6.05. The summed E-state index contributed by atoms with van der Waals surface area (Å²) in [6, 6.07) is 18.5. The summed E-state index contributed by atoms with van der Waals surface area (Å²) in [5.41, 5.74) is 2.36. The summed E-state index contributed by atoms with van der Waals surface area (Å²) in [5.74, 6) is 2.66. The molecule has 0 radical (unpaired) electrons. The highest BCUT2D eigenvalue weighted by Gasteiger charge is 2.19. The average Bonchev–Trinajstić information content (AvgIpc) is 3.41. The number of benzene rings is 2. The second-order valence-corrected chi connectivity index (χ2v) is 7.86. The number of hydrogen-bond donors (Lipinski definition) is 0. The molecule has 5 nitrogen and oxygen atoms in total. The molecule has 1 aliphatic rings. The average molecular weight is 396 g/mol. The van der Waals surface area contributed by atoms with E-state index < -0.39 is 0 Å². The Morgan fingerprint density at radius 3 is 2.64 bits per heavy atom. The van der Waals surface area contributed by atoms with E-state index in [0.717, 1.165) is 60.5 Å². The Kier molecular flexibility index (Phi) is 6.29. The lowest BCUT2D eigenvalue weighted by Gasteiger charge is -2.12. The van der Waals surface area contributed by atoms with Gasteiger partial charge in [-0.1, -0.05) is 42.1 Å². The van der Waals surface area contributed by atoms with E-state index in [2.05, 4.69) is 39.0 Å². The number of methoxy groups -OCH3 is 1. The van der Waals surface area contributed by atoms with E-state index in [4.69, 9.17) is 9.47 Å². The minimum atomic E-state index is 0.328. The summed E-state index contributed by atoms with van der Waals surface area (Å²) < 4.78 is 13.3. The van der Waals surface area contributed by atoms with Crippen molar-refractivity contribution in [2.45, 2.75) is 37.1 Å². The maximum Gasteiger partial charge on any atom is 0.191 e. The van der Waals surface area contributed by atoms with Crippen molar-refractivity contribution in [1.82, 2.24) is 14.8 Å². The Morgan fingerprint density at radius 2 is 1.93 bits per heavy atom. The minimum Gasteiger partial charge on any atom is -0.497 e. The molecule has 1 atom stereocenters. The molecule has 28 heavy (non-hydrogen) atoms. The molecule has 3 aromatic rings. The standard InChI is InChI=1S/C22H25N3O2S/c1-26-19-11-9-18(10-12-19)21-23-24-22(28-16-20-8-5-15-27-20)25(21)14-13-17-6-3-2-4-7-17/h2-4,6-7,9-12,20H,5,8,13-16H2,1H3. The normalized spacial score (nSPS) is 16.4. The van der Waals surface area contributed by atoms with Gasteiger partial charge < -0.3 is 14.0 Å². The van der Waals surface area contributed by atoms with Crippen LogP contribution in [0.3, 0.4) is 0 Å². The van der Waals surface area contributed by atoms with Crippen molar-refractivity contribution in [3.63, 3.8) is 0 Å². The van der Waals surface area contributed by atoms with Crippen LogP contribution in [0.2, 0.25) is 0 Å². The lowest BCUT2D eigenvalue weighted by molar-refractivity contribution is 0.129. The molecule has 0 amide bonds. The van der Waals surface area contributed by atoms with Gasteiger partial charge in [0.1, 0.15) is 5.75 Å². The molecule has 6 heteroatoms. The number of nitrogens with zero attached hydrogens (tertiary/aromatic N) is 3. The predicted molar refractivity (Wildman–Crippen MR) is 112 cm³/mol. The summed E-state index contributed by atoms with van der Waals surface area (Å²) >= 11 is 1.74. The summed E-state index contributed by atoms with van der Waals surface area (Å²) in [4.78, 5) is 0. The van der Waals surface area contributed by atoms with Crippen LogP contribution in [0.15, 0.2) is 59.8 Å². The Bertz CT molecular complexity index is 875. The van der Waals surface area contributed by atoms with Crippen LogP contribution in [0.25, 0.3) is 11.4 Å². The molecule has 1 unspecified atom stereocenters. The van der Waals surface area contributed by atoms with E-state index >= 15 is 0 Å². The van der Waals surface area contributed by atoms with Gasteiger partial charge in [0.25, 0.3) is 0 Å². The first-order valence-electron chi connectivity index (χ1n) is 9.69. The fraction of sp³-hybridized carbons (Fsp3) is 0.364. The van der Waals surface area contributed by atoms with E-state index in [-0.39, 0.29) is 0 Å². The number of hydrogen-bond acceptors (Lipinski definition) is 5. The van der Waals surface area contributed by atoms with Crippen LogP contribution in [-0.2, 0) is 17.7 Å². The molecule has 0 saturated carbocycles. The van der Waals surface area contributed by atoms with Crippen molar-refractivity contribution in [2.75, 3.05) is 19.5 Å². The van der Waals surface area contributed by atoms with Crippen LogP contribution in [0.5, 0.6) is 5.75 Å². The molecule has 1 aliphatic heterocycles. The van der Waals surface area contributed by atoms with Crippen molar-refractivity contribution in [3.8, 4) is 17.1 Å². The lowest BCUT2D eigenvalue weighted by Crippen LogP contribution is -2.10. The highest BCUT2D eigenvalue weighted by atomic mass is 32.2. The molecule has 0 aliphatic carbocycles.